The van der Waals surface area contributed by atoms with Gasteiger partial charge in [0.15, 0.2) is 0 Å². The van der Waals surface area contributed by atoms with E-state index in [4.69, 9.17) is 16.0 Å². The molecule has 3 N–H and O–H groups in total. The summed E-state index contributed by atoms with van der Waals surface area (Å²) >= 11 is 5.56. The van der Waals surface area contributed by atoms with Gasteiger partial charge in [0.2, 0.25) is 5.71 Å². The Morgan fingerprint density at radius 3 is 2.58 bits per heavy atom. The van der Waals surface area contributed by atoms with Crippen molar-refractivity contribution in [1.82, 2.24) is 15.3 Å². The van der Waals surface area contributed by atoms with Crippen molar-refractivity contribution in [2.24, 2.45) is 0 Å². The summed E-state index contributed by atoms with van der Waals surface area (Å²) in [5.41, 5.74) is 3.42. The Labute approximate surface area is 184 Å². The molecule has 8 heteroatoms. The third-order valence-electron chi connectivity index (χ3n) is 4.69. The molecule has 0 aliphatic carbocycles. The Hall–Kier alpha value is -3.58. The fraction of sp³-hybridized carbons (Fsp3) is 0.174. The number of rotatable bonds is 8. The van der Waals surface area contributed by atoms with Crippen LogP contribution in [0.4, 0.5) is 16.3 Å². The summed E-state index contributed by atoms with van der Waals surface area (Å²) in [6.45, 7) is 1.12. The van der Waals surface area contributed by atoms with Gasteiger partial charge in [-0.25, -0.2) is 14.8 Å². The first-order valence-corrected chi connectivity index (χ1v) is 10.5. The number of fused-ring (bicyclic) bond motifs is 1. The third-order valence-corrected chi connectivity index (χ3v) is 4.87. The lowest BCUT2D eigenvalue weighted by atomic mass is 10.1. The number of furan rings is 1. The standard InChI is InChI=1S/C23H22ClN5O2/c24-11-13-26-23(30)29-18-8-6-16(7-9-18)10-12-25-21-19-14-20(17-4-2-1-3-5-17)31-22(19)28-15-27-21/h1-9,14-15H,10-13H2,(H,25,27,28)(H2,26,29,30). The molecule has 0 saturated carbocycles. The maximum atomic E-state index is 11.7. The summed E-state index contributed by atoms with van der Waals surface area (Å²) in [5.74, 6) is 1.88. The average Bonchev–Trinajstić information content (AvgIpc) is 3.25. The molecule has 4 aromatic rings. The van der Waals surface area contributed by atoms with Crippen LogP contribution in [0.1, 0.15) is 5.56 Å². The van der Waals surface area contributed by atoms with Crippen LogP contribution in [0.15, 0.2) is 71.4 Å². The van der Waals surface area contributed by atoms with E-state index in [1.54, 1.807) is 0 Å². The number of alkyl halides is 1. The summed E-state index contributed by atoms with van der Waals surface area (Å²) in [6.07, 6.45) is 2.30. The number of carbonyl (C=O) groups excluding carboxylic acids is 1. The predicted octanol–water partition coefficient (Wildman–Crippen LogP) is 4.90. The van der Waals surface area contributed by atoms with E-state index >= 15 is 0 Å². The normalized spacial score (nSPS) is 10.7. The predicted molar refractivity (Wildman–Crippen MR) is 124 cm³/mol. The van der Waals surface area contributed by atoms with Crippen LogP contribution in [0, 0.1) is 0 Å². The molecule has 7 nitrogen and oxygen atoms in total. The number of nitrogens with zero attached hydrogens (tertiary/aromatic N) is 2. The minimum atomic E-state index is -0.266. The summed E-state index contributed by atoms with van der Waals surface area (Å²) < 4.78 is 5.89. The highest BCUT2D eigenvalue weighted by Gasteiger charge is 2.11. The van der Waals surface area contributed by atoms with Gasteiger partial charge < -0.3 is 20.4 Å². The Kier molecular flexibility index (Phi) is 6.64. The van der Waals surface area contributed by atoms with Crippen molar-refractivity contribution >= 4 is 40.2 Å². The van der Waals surface area contributed by atoms with Crippen LogP contribution < -0.4 is 16.0 Å². The van der Waals surface area contributed by atoms with Crippen LogP contribution >= 0.6 is 11.6 Å². The Morgan fingerprint density at radius 1 is 1.00 bits per heavy atom. The van der Waals surface area contributed by atoms with Crippen LogP contribution in [0.3, 0.4) is 0 Å². The number of hydrogen-bond donors (Lipinski definition) is 3. The van der Waals surface area contributed by atoms with Gasteiger partial charge in [0.05, 0.1) is 5.39 Å². The van der Waals surface area contributed by atoms with Gasteiger partial charge in [0, 0.05) is 30.2 Å². The first-order chi connectivity index (χ1) is 15.2. The molecule has 0 fully saturated rings. The molecule has 0 radical (unpaired) electrons. The van der Waals surface area contributed by atoms with E-state index in [9.17, 15) is 4.79 Å². The van der Waals surface area contributed by atoms with E-state index in [0.717, 1.165) is 40.2 Å². The second-order valence-corrected chi connectivity index (χ2v) is 7.24. The van der Waals surface area contributed by atoms with Crippen molar-refractivity contribution in [2.45, 2.75) is 6.42 Å². The molecule has 0 aliphatic heterocycles. The topological polar surface area (TPSA) is 92.1 Å². The molecule has 0 bridgehead atoms. The number of urea groups is 1. The second kappa shape index (κ2) is 9.95. The maximum Gasteiger partial charge on any atom is 0.319 e. The van der Waals surface area contributed by atoms with Gasteiger partial charge in [-0.2, -0.15) is 0 Å². The molecular weight excluding hydrogens is 414 g/mol. The first kappa shape index (κ1) is 20.7. The Morgan fingerprint density at radius 2 is 1.81 bits per heavy atom. The largest absolute Gasteiger partial charge is 0.438 e. The number of benzene rings is 2. The van der Waals surface area contributed by atoms with Crippen molar-refractivity contribution in [3.05, 3.63) is 72.6 Å². The summed E-state index contributed by atoms with van der Waals surface area (Å²) in [6, 6.07) is 19.3. The number of halogens is 1. The van der Waals surface area contributed by atoms with Gasteiger partial charge >= 0.3 is 6.03 Å². The highest BCUT2D eigenvalue weighted by atomic mass is 35.5. The first-order valence-electron chi connectivity index (χ1n) is 9.96. The quantitative estimate of drug-likeness (QED) is 0.342. The molecule has 0 atom stereocenters. The zero-order chi connectivity index (χ0) is 21.5. The van der Waals surface area contributed by atoms with Crippen molar-refractivity contribution in [1.29, 1.82) is 0 Å². The molecule has 2 heterocycles. The third kappa shape index (κ3) is 5.32. The molecule has 31 heavy (non-hydrogen) atoms. The summed E-state index contributed by atoms with van der Waals surface area (Å²) in [4.78, 5) is 20.3. The highest BCUT2D eigenvalue weighted by Crippen LogP contribution is 2.29. The Balaban J connectivity index is 1.36. The fourth-order valence-electron chi connectivity index (χ4n) is 3.16. The SMILES string of the molecule is O=C(NCCCl)Nc1ccc(CCNc2ncnc3oc(-c4ccccc4)cc23)cc1. The van der Waals surface area contributed by atoms with Crippen LogP contribution in [0.2, 0.25) is 0 Å². The fourth-order valence-corrected chi connectivity index (χ4v) is 3.25. The summed E-state index contributed by atoms with van der Waals surface area (Å²) in [7, 11) is 0. The van der Waals surface area contributed by atoms with E-state index in [2.05, 4.69) is 25.9 Å². The lowest BCUT2D eigenvalue weighted by Gasteiger charge is -2.08. The zero-order valence-electron chi connectivity index (χ0n) is 16.8. The molecule has 2 amide bonds. The monoisotopic (exact) mass is 435 g/mol. The molecule has 0 spiro atoms. The minimum Gasteiger partial charge on any atom is -0.438 e. The number of nitrogens with one attached hydrogen (secondary N) is 3. The van der Waals surface area contributed by atoms with E-state index in [-0.39, 0.29) is 6.03 Å². The average molecular weight is 436 g/mol. The van der Waals surface area contributed by atoms with E-state index < -0.39 is 0 Å². The van der Waals surface area contributed by atoms with Gasteiger partial charge in [-0.05, 0) is 30.2 Å². The van der Waals surface area contributed by atoms with Crippen molar-refractivity contribution in [3.63, 3.8) is 0 Å². The Bertz CT molecular complexity index is 1150. The van der Waals surface area contributed by atoms with E-state index in [1.165, 1.54) is 6.33 Å². The van der Waals surface area contributed by atoms with Gasteiger partial charge in [-0.3, -0.25) is 0 Å². The van der Waals surface area contributed by atoms with E-state index in [0.29, 0.717) is 24.7 Å². The second-order valence-electron chi connectivity index (χ2n) is 6.86. The van der Waals surface area contributed by atoms with Crippen molar-refractivity contribution < 1.29 is 9.21 Å². The van der Waals surface area contributed by atoms with Gasteiger partial charge in [-0.1, -0.05) is 42.5 Å². The molecule has 2 aromatic carbocycles. The number of anilines is 2. The van der Waals surface area contributed by atoms with Crippen LogP contribution in [0.25, 0.3) is 22.4 Å². The number of amides is 2. The van der Waals surface area contributed by atoms with Crippen LogP contribution in [-0.2, 0) is 6.42 Å². The molecule has 158 valence electrons. The molecule has 0 aliphatic rings. The van der Waals surface area contributed by atoms with Gasteiger partial charge in [0.1, 0.15) is 17.9 Å². The lowest BCUT2D eigenvalue weighted by molar-refractivity contribution is 0.252. The molecule has 0 saturated heterocycles. The van der Waals surface area contributed by atoms with Crippen LogP contribution in [0.5, 0.6) is 0 Å². The summed E-state index contributed by atoms with van der Waals surface area (Å²) in [5, 5.41) is 9.65. The maximum absolute atomic E-state index is 11.7. The highest BCUT2D eigenvalue weighted by molar-refractivity contribution is 6.18. The van der Waals surface area contributed by atoms with Crippen molar-refractivity contribution in [3.8, 4) is 11.3 Å². The lowest BCUT2D eigenvalue weighted by Crippen LogP contribution is -2.30. The number of carbonyl (C=O) groups is 1. The smallest absolute Gasteiger partial charge is 0.319 e. The number of aromatic nitrogens is 2. The van der Waals surface area contributed by atoms with Gasteiger partial charge in [0.25, 0.3) is 0 Å². The number of hydrogen-bond acceptors (Lipinski definition) is 5. The molecule has 4 rings (SSSR count). The molecular formula is C23H22ClN5O2. The van der Waals surface area contributed by atoms with E-state index in [1.807, 2.05) is 60.7 Å². The van der Waals surface area contributed by atoms with Gasteiger partial charge in [-0.15, -0.1) is 11.6 Å². The minimum absolute atomic E-state index is 0.266. The molecule has 0 unspecified atom stereocenters. The van der Waals surface area contributed by atoms with Crippen molar-refractivity contribution in [2.75, 3.05) is 29.6 Å². The molecule has 2 aromatic heterocycles. The van der Waals surface area contributed by atoms with Crippen LogP contribution in [-0.4, -0.2) is 35.0 Å². The zero-order valence-corrected chi connectivity index (χ0v) is 17.5.